The van der Waals surface area contributed by atoms with E-state index in [1.54, 1.807) is 49.1 Å². The van der Waals surface area contributed by atoms with Crippen LogP contribution in [0.3, 0.4) is 0 Å². The summed E-state index contributed by atoms with van der Waals surface area (Å²) >= 11 is 0. The van der Waals surface area contributed by atoms with Gasteiger partial charge in [0.2, 0.25) is 0 Å². The number of nitrogens with zero attached hydrogens (tertiary/aromatic N) is 5. The van der Waals surface area contributed by atoms with E-state index in [2.05, 4.69) is 15.2 Å². The number of nitrogens with two attached hydrogens (primary N) is 1. The number of nitrogens with one attached hydrogen (secondary N) is 1. The smallest absolute Gasteiger partial charge is 0.284 e. The number of hydrogen-bond acceptors (Lipinski definition) is 8. The van der Waals surface area contributed by atoms with Gasteiger partial charge in [-0.15, -0.1) is 0 Å². The largest absolute Gasteiger partial charge is 0.491 e. The molecule has 1 amide bonds. The predicted octanol–water partition coefficient (Wildman–Crippen LogP) is 4.67. The zero-order valence-corrected chi connectivity index (χ0v) is 26.6. The molecule has 47 heavy (non-hydrogen) atoms. The highest BCUT2D eigenvalue weighted by molar-refractivity contribution is 6.05. The average Bonchev–Trinajstić information content (AvgIpc) is 3.32. The number of carbonyl (C=O) groups excluding carboxylic acids is 1. The van der Waals surface area contributed by atoms with E-state index in [1.807, 2.05) is 54.6 Å². The van der Waals surface area contributed by atoms with Gasteiger partial charge in [-0.2, -0.15) is 0 Å². The van der Waals surface area contributed by atoms with Crippen molar-refractivity contribution in [3.8, 4) is 34.0 Å². The maximum atomic E-state index is 13.2. The lowest BCUT2D eigenvalue weighted by Crippen LogP contribution is -2.38. The molecule has 0 spiro atoms. The Kier molecular flexibility index (Phi) is 9.46. The van der Waals surface area contributed by atoms with Crippen LogP contribution < -0.4 is 21.3 Å². The van der Waals surface area contributed by atoms with Gasteiger partial charge in [0.05, 0.1) is 23.3 Å². The molecule has 0 radical (unpaired) electrons. The van der Waals surface area contributed by atoms with E-state index < -0.39 is 17.6 Å². The lowest BCUT2D eigenvalue weighted by Gasteiger charge is -2.28. The molecule has 1 aliphatic heterocycles. The highest BCUT2D eigenvalue weighted by Gasteiger charge is 2.22. The van der Waals surface area contributed by atoms with E-state index >= 15 is 0 Å². The fourth-order valence-corrected chi connectivity index (χ4v) is 5.89. The molecule has 6 rings (SSSR count). The Hall–Kier alpha value is -5.26. The van der Waals surface area contributed by atoms with Gasteiger partial charge in [-0.05, 0) is 81.4 Å². The van der Waals surface area contributed by atoms with Gasteiger partial charge in [0.25, 0.3) is 11.5 Å². The summed E-state index contributed by atoms with van der Waals surface area (Å²) in [7, 11) is 1.75. The van der Waals surface area contributed by atoms with Crippen molar-refractivity contribution in [3.63, 3.8) is 0 Å². The van der Waals surface area contributed by atoms with Crippen molar-refractivity contribution < 1.29 is 14.6 Å². The standard InChI is InChI=1S/C36H39N7O4/c1-24-32(36(46)43(41(24)2)28-9-5-3-6-10-28)35(45)39-27-15-11-26(12-16-27)33-34(37)38-21-31(40-33)25-13-17-30(18-14-25)47-23-29(44)22-42-19-7-4-8-20-42/h3,5-6,9-18,21,29,44H,4,7-8,19-20,22-23H2,1-2H3,(H2,37,38)(H,39,45). The first-order valence-electron chi connectivity index (χ1n) is 15.8. The quantitative estimate of drug-likeness (QED) is 0.202. The molecule has 5 aromatic rings. The van der Waals surface area contributed by atoms with Crippen LogP contribution in [0, 0.1) is 6.92 Å². The van der Waals surface area contributed by atoms with Gasteiger partial charge in [0.1, 0.15) is 35.5 Å². The van der Waals surface area contributed by atoms with Crippen molar-refractivity contribution in [2.45, 2.75) is 32.3 Å². The van der Waals surface area contributed by atoms with Crippen LogP contribution in [0.1, 0.15) is 35.3 Å². The van der Waals surface area contributed by atoms with Crippen LogP contribution in [0.4, 0.5) is 11.5 Å². The normalized spacial score (nSPS) is 14.1. The van der Waals surface area contributed by atoms with Gasteiger partial charge in [-0.1, -0.05) is 36.8 Å². The van der Waals surface area contributed by atoms with Crippen LogP contribution >= 0.6 is 0 Å². The number of aliphatic hydroxyl groups is 1. The van der Waals surface area contributed by atoms with Gasteiger partial charge in [-0.25, -0.2) is 14.6 Å². The first kappa shape index (κ1) is 31.7. The number of amides is 1. The van der Waals surface area contributed by atoms with E-state index in [-0.39, 0.29) is 18.0 Å². The number of hydrogen-bond donors (Lipinski definition) is 3. The number of piperidine rings is 1. The molecule has 3 heterocycles. The Morgan fingerprint density at radius 3 is 2.36 bits per heavy atom. The van der Waals surface area contributed by atoms with Crippen molar-refractivity contribution >= 4 is 17.4 Å². The number of carbonyl (C=O) groups is 1. The molecule has 2 aromatic heterocycles. The van der Waals surface area contributed by atoms with E-state index in [0.717, 1.165) is 24.2 Å². The molecule has 1 saturated heterocycles. The highest BCUT2D eigenvalue weighted by atomic mass is 16.5. The monoisotopic (exact) mass is 633 g/mol. The minimum absolute atomic E-state index is 0.0771. The zero-order chi connectivity index (χ0) is 32.9. The zero-order valence-electron chi connectivity index (χ0n) is 26.6. The maximum absolute atomic E-state index is 13.2. The summed E-state index contributed by atoms with van der Waals surface area (Å²) in [5.74, 6) is 0.447. The Morgan fingerprint density at radius 1 is 0.979 bits per heavy atom. The number of likely N-dealkylation sites (tertiary alicyclic amines) is 1. The summed E-state index contributed by atoms with van der Waals surface area (Å²) < 4.78 is 8.99. The Labute approximate surface area is 273 Å². The van der Waals surface area contributed by atoms with Gasteiger partial charge in [-0.3, -0.25) is 14.3 Å². The average molecular weight is 634 g/mol. The molecule has 1 fully saturated rings. The third-order valence-electron chi connectivity index (χ3n) is 8.51. The van der Waals surface area contributed by atoms with Crippen molar-refractivity contribution in [3.05, 3.63) is 107 Å². The minimum atomic E-state index is -0.545. The third kappa shape index (κ3) is 7.11. The van der Waals surface area contributed by atoms with Crippen LogP contribution in [-0.4, -0.2) is 67.6 Å². The van der Waals surface area contributed by atoms with E-state index in [0.29, 0.717) is 40.8 Å². The van der Waals surface area contributed by atoms with Crippen LogP contribution in [0.15, 0.2) is 89.9 Å². The van der Waals surface area contributed by atoms with Gasteiger partial charge >= 0.3 is 0 Å². The van der Waals surface area contributed by atoms with E-state index in [4.69, 9.17) is 15.5 Å². The van der Waals surface area contributed by atoms with Crippen LogP contribution in [0.25, 0.3) is 28.2 Å². The highest BCUT2D eigenvalue weighted by Crippen LogP contribution is 2.28. The molecule has 242 valence electrons. The number of ether oxygens (including phenoxy) is 1. The third-order valence-corrected chi connectivity index (χ3v) is 8.51. The SMILES string of the molecule is Cc1c(C(=O)Nc2ccc(-c3nc(-c4ccc(OCC(O)CN5CCCCC5)cc4)cnc3N)cc2)c(=O)n(-c2ccccc2)n1C. The molecule has 1 unspecified atom stereocenters. The number of aromatic nitrogens is 4. The summed E-state index contributed by atoms with van der Waals surface area (Å²) in [5.41, 5.74) is 10.4. The topological polar surface area (TPSA) is 141 Å². The Bertz CT molecular complexity index is 1900. The summed E-state index contributed by atoms with van der Waals surface area (Å²) in [4.78, 5) is 37.9. The summed E-state index contributed by atoms with van der Waals surface area (Å²) in [6.45, 7) is 4.66. The fraction of sp³-hybridized carbons (Fsp3) is 0.278. The molecule has 0 saturated carbocycles. The first-order chi connectivity index (χ1) is 22.8. The van der Waals surface area contributed by atoms with Gasteiger partial charge in [0, 0.05) is 30.4 Å². The predicted molar refractivity (Wildman–Crippen MR) is 183 cm³/mol. The second kappa shape index (κ2) is 14.0. The Morgan fingerprint density at radius 2 is 1.66 bits per heavy atom. The van der Waals surface area contributed by atoms with Crippen molar-refractivity contribution in [2.75, 3.05) is 37.3 Å². The number of benzene rings is 3. The Balaban J connectivity index is 1.12. The summed E-state index contributed by atoms with van der Waals surface area (Å²) in [5, 5.41) is 13.3. The van der Waals surface area contributed by atoms with Crippen molar-refractivity contribution in [2.24, 2.45) is 7.05 Å². The minimum Gasteiger partial charge on any atom is -0.491 e. The molecule has 0 aliphatic carbocycles. The number of aliphatic hydroxyl groups excluding tert-OH is 1. The summed E-state index contributed by atoms with van der Waals surface area (Å²) in [6, 6.07) is 23.7. The van der Waals surface area contributed by atoms with E-state index in [1.165, 1.54) is 23.9 Å². The molecular formula is C36H39N7O4. The fourth-order valence-electron chi connectivity index (χ4n) is 5.89. The summed E-state index contributed by atoms with van der Waals surface area (Å²) in [6.07, 6.45) is 4.70. The van der Waals surface area contributed by atoms with Gasteiger partial charge < -0.3 is 25.8 Å². The second-order valence-corrected chi connectivity index (χ2v) is 11.8. The second-order valence-electron chi connectivity index (χ2n) is 11.8. The molecular weight excluding hydrogens is 594 g/mol. The van der Waals surface area contributed by atoms with Crippen LogP contribution in [0.5, 0.6) is 5.75 Å². The van der Waals surface area contributed by atoms with Crippen LogP contribution in [0.2, 0.25) is 0 Å². The number of β-amino-alcohol motifs (C(OH)–C–C–N with tert-alkyl or cyclic N) is 1. The molecule has 11 nitrogen and oxygen atoms in total. The maximum Gasteiger partial charge on any atom is 0.284 e. The van der Waals surface area contributed by atoms with Crippen molar-refractivity contribution in [1.29, 1.82) is 0 Å². The van der Waals surface area contributed by atoms with E-state index in [9.17, 15) is 14.7 Å². The number of anilines is 2. The van der Waals surface area contributed by atoms with Crippen LogP contribution in [-0.2, 0) is 7.05 Å². The number of para-hydroxylation sites is 1. The number of nitrogen functional groups attached to an aromatic ring is 1. The van der Waals surface area contributed by atoms with Gasteiger partial charge in [0.15, 0.2) is 0 Å². The van der Waals surface area contributed by atoms with Crippen molar-refractivity contribution in [1.82, 2.24) is 24.2 Å². The molecule has 1 atom stereocenters. The lowest BCUT2D eigenvalue weighted by atomic mass is 10.1. The molecule has 0 bridgehead atoms. The molecule has 11 heteroatoms. The molecule has 3 aromatic carbocycles. The number of rotatable bonds is 10. The molecule has 4 N–H and O–H groups in total. The first-order valence-corrected chi connectivity index (χ1v) is 15.8. The molecule has 1 aliphatic rings. The lowest BCUT2D eigenvalue weighted by molar-refractivity contribution is 0.0617.